The molecule has 214 valence electrons. The number of nitrogens with two attached hydrogens (primary N) is 1. The first-order chi connectivity index (χ1) is 20.4. The third-order valence-electron chi connectivity index (χ3n) is 6.47. The maximum Gasteiger partial charge on any atom is 0.261 e. The smallest absolute Gasteiger partial charge is 0.261 e. The lowest BCUT2D eigenvalue weighted by Crippen LogP contribution is -2.29. The Bertz CT molecular complexity index is 1760. The topological polar surface area (TPSA) is 136 Å². The second kappa shape index (κ2) is 13.2. The zero-order chi connectivity index (χ0) is 29.5. The molecule has 0 unspecified atom stereocenters. The molecule has 0 spiro atoms. The van der Waals surface area contributed by atoms with E-state index in [4.69, 9.17) is 26.8 Å². The highest BCUT2D eigenvalue weighted by molar-refractivity contribution is 6.30. The molecule has 5 N–H and O–H groups in total. The average molecular weight is 585 g/mol. The van der Waals surface area contributed by atoms with Crippen LogP contribution in [0.15, 0.2) is 84.9 Å². The number of carbonyl (C=O) groups excluding carboxylic acids is 2. The van der Waals surface area contributed by atoms with Gasteiger partial charge in [-0.05, 0) is 60.1 Å². The van der Waals surface area contributed by atoms with Crippen molar-refractivity contribution in [2.45, 2.75) is 6.42 Å². The molecule has 5 aromatic rings. The molecule has 4 aromatic carbocycles. The van der Waals surface area contributed by atoms with Crippen molar-refractivity contribution >= 4 is 50.8 Å². The number of anilines is 1. The van der Waals surface area contributed by atoms with Crippen molar-refractivity contribution in [2.75, 3.05) is 31.6 Å². The number of aromatic nitrogens is 1. The zero-order valence-corrected chi connectivity index (χ0v) is 23.4. The standard InChI is InChI=1S/C32H29ClN4O5/c33-23-10-11-27(28(38)19-23)36-31(40)25-17-22-8-3-4-9-26(22)37-32(25)42-15-13-35-30(39)24-16-20-6-1-2-7-21(20)18-29(24)41-14-5-12-34/h1-4,6-11,16-19,38H,5,12-15,34H2,(H,35,39)(H,36,40). The number of nitrogens with zero attached hydrogens (tertiary/aromatic N) is 1. The van der Waals surface area contributed by atoms with E-state index in [0.717, 1.165) is 16.2 Å². The number of nitrogens with one attached hydrogen (secondary N) is 2. The van der Waals surface area contributed by atoms with Crippen molar-refractivity contribution in [1.82, 2.24) is 10.3 Å². The first kappa shape index (κ1) is 28.7. The van der Waals surface area contributed by atoms with Crippen LogP contribution in [0.3, 0.4) is 0 Å². The van der Waals surface area contributed by atoms with Gasteiger partial charge in [0.1, 0.15) is 23.7 Å². The van der Waals surface area contributed by atoms with Crippen LogP contribution in [0.25, 0.3) is 21.7 Å². The van der Waals surface area contributed by atoms with E-state index in [2.05, 4.69) is 15.6 Å². The number of hydrogen-bond acceptors (Lipinski definition) is 7. The normalized spacial score (nSPS) is 10.9. The number of ether oxygens (including phenoxy) is 2. The number of carbonyl (C=O) groups is 2. The van der Waals surface area contributed by atoms with Gasteiger partial charge in [0, 0.05) is 16.5 Å². The van der Waals surface area contributed by atoms with Crippen LogP contribution in [-0.2, 0) is 0 Å². The number of hydrogen-bond donors (Lipinski definition) is 4. The Morgan fingerprint density at radius 2 is 1.55 bits per heavy atom. The number of phenols is 1. The summed E-state index contributed by atoms with van der Waals surface area (Å²) in [5.41, 5.74) is 7.00. The molecule has 0 radical (unpaired) electrons. The summed E-state index contributed by atoms with van der Waals surface area (Å²) in [5, 5.41) is 18.7. The van der Waals surface area contributed by atoms with Crippen LogP contribution in [0, 0.1) is 0 Å². The molecule has 5 rings (SSSR count). The number of aromatic hydroxyl groups is 1. The van der Waals surface area contributed by atoms with Crippen LogP contribution in [0.5, 0.6) is 17.4 Å². The fourth-order valence-corrected chi connectivity index (χ4v) is 4.53. The Balaban J connectivity index is 1.31. The lowest BCUT2D eigenvalue weighted by molar-refractivity contribution is 0.0939. The average Bonchev–Trinajstić information content (AvgIpc) is 3.00. The number of pyridine rings is 1. The quantitative estimate of drug-likeness (QED) is 0.118. The molecule has 0 aliphatic carbocycles. The highest BCUT2D eigenvalue weighted by atomic mass is 35.5. The van der Waals surface area contributed by atoms with Gasteiger partial charge in [0.05, 0.1) is 29.9 Å². The zero-order valence-electron chi connectivity index (χ0n) is 22.6. The first-order valence-electron chi connectivity index (χ1n) is 13.4. The van der Waals surface area contributed by atoms with E-state index in [0.29, 0.717) is 41.4 Å². The summed E-state index contributed by atoms with van der Waals surface area (Å²) in [7, 11) is 0. The van der Waals surface area contributed by atoms with Gasteiger partial charge in [-0.25, -0.2) is 4.98 Å². The van der Waals surface area contributed by atoms with E-state index >= 15 is 0 Å². The number of phenolic OH excluding ortho intramolecular Hbond substituents is 1. The lowest BCUT2D eigenvalue weighted by Gasteiger charge is -2.15. The Hall–Kier alpha value is -4.86. The molecule has 2 amide bonds. The fraction of sp³-hybridized carbons (Fsp3) is 0.156. The molecular formula is C32H29ClN4O5. The van der Waals surface area contributed by atoms with Gasteiger partial charge in [0.2, 0.25) is 5.88 Å². The predicted molar refractivity (Wildman–Crippen MR) is 164 cm³/mol. The van der Waals surface area contributed by atoms with Crippen LogP contribution in [0.2, 0.25) is 5.02 Å². The van der Waals surface area contributed by atoms with Crippen LogP contribution >= 0.6 is 11.6 Å². The fourth-order valence-electron chi connectivity index (χ4n) is 4.36. The van der Waals surface area contributed by atoms with Gasteiger partial charge in [0.15, 0.2) is 0 Å². The molecule has 0 aliphatic rings. The highest BCUT2D eigenvalue weighted by Gasteiger charge is 2.19. The van der Waals surface area contributed by atoms with Gasteiger partial charge in [-0.1, -0.05) is 54.1 Å². The summed E-state index contributed by atoms with van der Waals surface area (Å²) in [6.07, 6.45) is 0.661. The number of fused-ring (bicyclic) bond motifs is 2. The summed E-state index contributed by atoms with van der Waals surface area (Å²) in [4.78, 5) is 30.9. The molecule has 0 saturated heterocycles. The Morgan fingerprint density at radius 3 is 2.31 bits per heavy atom. The van der Waals surface area contributed by atoms with Gasteiger partial charge in [-0.3, -0.25) is 9.59 Å². The van der Waals surface area contributed by atoms with Gasteiger partial charge in [-0.15, -0.1) is 0 Å². The maximum absolute atomic E-state index is 13.2. The van der Waals surface area contributed by atoms with Crippen molar-refractivity contribution in [3.05, 3.63) is 101 Å². The second-order valence-corrected chi connectivity index (χ2v) is 9.88. The monoisotopic (exact) mass is 584 g/mol. The van der Waals surface area contributed by atoms with E-state index in [1.54, 1.807) is 18.2 Å². The van der Waals surface area contributed by atoms with Crippen molar-refractivity contribution in [3.8, 4) is 17.4 Å². The van der Waals surface area contributed by atoms with Crippen LogP contribution < -0.4 is 25.8 Å². The molecule has 1 heterocycles. The van der Waals surface area contributed by atoms with Gasteiger partial charge >= 0.3 is 0 Å². The van der Waals surface area contributed by atoms with Gasteiger partial charge < -0.3 is 30.9 Å². The molecule has 10 heteroatoms. The minimum absolute atomic E-state index is 0.0422. The summed E-state index contributed by atoms with van der Waals surface area (Å²) in [5.74, 6) is -0.462. The molecule has 0 fully saturated rings. The van der Waals surface area contributed by atoms with Crippen LogP contribution in [0.1, 0.15) is 27.1 Å². The maximum atomic E-state index is 13.2. The Kier molecular flexibility index (Phi) is 9.01. The highest BCUT2D eigenvalue weighted by Crippen LogP contribution is 2.29. The second-order valence-electron chi connectivity index (χ2n) is 9.44. The van der Waals surface area contributed by atoms with E-state index < -0.39 is 5.91 Å². The summed E-state index contributed by atoms with van der Waals surface area (Å²) in [6.45, 7) is 1.06. The van der Waals surface area contributed by atoms with Gasteiger partial charge in [-0.2, -0.15) is 0 Å². The van der Waals surface area contributed by atoms with E-state index in [9.17, 15) is 14.7 Å². The SMILES string of the molecule is NCCCOc1cc2ccccc2cc1C(=O)NCCOc1nc2ccccc2cc1C(=O)Nc1ccc(Cl)cc1O. The summed E-state index contributed by atoms with van der Waals surface area (Å²) < 4.78 is 11.8. The lowest BCUT2D eigenvalue weighted by atomic mass is 10.1. The van der Waals surface area contributed by atoms with Crippen molar-refractivity contribution < 1.29 is 24.2 Å². The number of amides is 2. The van der Waals surface area contributed by atoms with Crippen molar-refractivity contribution in [1.29, 1.82) is 0 Å². The van der Waals surface area contributed by atoms with Crippen molar-refractivity contribution in [3.63, 3.8) is 0 Å². The molecule has 0 aliphatic heterocycles. The van der Waals surface area contributed by atoms with E-state index in [1.165, 1.54) is 12.1 Å². The summed E-state index contributed by atoms with van der Waals surface area (Å²) >= 11 is 5.91. The molecule has 0 atom stereocenters. The number of halogens is 1. The molecule has 0 saturated carbocycles. The first-order valence-corrected chi connectivity index (χ1v) is 13.8. The number of rotatable bonds is 11. The Labute approximate surface area is 247 Å². The molecule has 42 heavy (non-hydrogen) atoms. The molecule has 9 nitrogen and oxygen atoms in total. The van der Waals surface area contributed by atoms with E-state index in [1.807, 2.05) is 54.6 Å². The van der Waals surface area contributed by atoms with E-state index in [-0.39, 0.29) is 41.9 Å². The van der Waals surface area contributed by atoms with Gasteiger partial charge in [0.25, 0.3) is 11.8 Å². The minimum atomic E-state index is -0.527. The van der Waals surface area contributed by atoms with Crippen LogP contribution in [0.4, 0.5) is 5.69 Å². The third-order valence-corrected chi connectivity index (χ3v) is 6.70. The van der Waals surface area contributed by atoms with Crippen molar-refractivity contribution in [2.24, 2.45) is 5.73 Å². The summed E-state index contributed by atoms with van der Waals surface area (Å²) in [6, 6.07) is 24.7. The predicted octanol–water partition coefficient (Wildman–Crippen LogP) is 5.54. The molecule has 0 bridgehead atoms. The third kappa shape index (κ3) is 6.71. The molecular weight excluding hydrogens is 556 g/mol. The minimum Gasteiger partial charge on any atom is -0.506 e. The Morgan fingerprint density at radius 1 is 0.833 bits per heavy atom. The van der Waals surface area contributed by atoms with Crippen LogP contribution in [-0.4, -0.2) is 48.2 Å². The molecule has 1 aromatic heterocycles. The largest absolute Gasteiger partial charge is 0.506 e. The number of benzene rings is 4. The number of para-hydroxylation sites is 1.